The molecule has 1 fully saturated rings. The van der Waals surface area contributed by atoms with Crippen LogP contribution in [0.5, 0.6) is 0 Å². The Kier molecular flexibility index (Phi) is 9.85. The van der Waals surface area contributed by atoms with Gasteiger partial charge in [-0.2, -0.15) is 0 Å². The lowest BCUT2D eigenvalue weighted by molar-refractivity contribution is -0.177. The summed E-state index contributed by atoms with van der Waals surface area (Å²) >= 11 is 0. The first-order valence-electron chi connectivity index (χ1n) is 11.6. The van der Waals surface area contributed by atoms with Crippen molar-refractivity contribution in [3.63, 3.8) is 0 Å². The fourth-order valence-electron chi connectivity index (χ4n) is 3.54. The monoisotopic (exact) mass is 481 g/mol. The number of carbonyl (C=O) groups is 3. The summed E-state index contributed by atoms with van der Waals surface area (Å²) < 4.78 is 35.7. The molecule has 0 aromatic heterocycles. The van der Waals surface area contributed by atoms with Gasteiger partial charge in [-0.25, -0.2) is 14.0 Å². The smallest absolute Gasteiger partial charge is 0.408 e. The Balaban J connectivity index is 2.22. The number of alkyl carbamates (subject to hydrolysis) is 1. The van der Waals surface area contributed by atoms with Gasteiger partial charge in [-0.1, -0.05) is 26.0 Å². The van der Waals surface area contributed by atoms with Gasteiger partial charge in [0.25, 0.3) is 0 Å². The average molecular weight is 482 g/mol. The maximum absolute atomic E-state index is 13.4. The highest BCUT2D eigenvalue weighted by Crippen LogP contribution is 2.25. The molecule has 1 aromatic rings. The van der Waals surface area contributed by atoms with E-state index < -0.39 is 41.9 Å². The van der Waals surface area contributed by atoms with Crippen molar-refractivity contribution >= 4 is 18.0 Å². The van der Waals surface area contributed by atoms with Gasteiger partial charge in [0.15, 0.2) is 6.04 Å². The molecule has 0 bridgehead atoms. The zero-order chi connectivity index (χ0) is 25.5. The van der Waals surface area contributed by atoms with Crippen molar-refractivity contribution in [2.75, 3.05) is 13.2 Å². The number of ether oxygens (including phenoxy) is 4. The van der Waals surface area contributed by atoms with Crippen molar-refractivity contribution in [3.8, 4) is 0 Å². The molecule has 9 heteroatoms. The van der Waals surface area contributed by atoms with Gasteiger partial charge in [0.1, 0.15) is 23.6 Å². The van der Waals surface area contributed by atoms with E-state index in [4.69, 9.17) is 18.9 Å². The lowest BCUT2D eigenvalue weighted by Crippen LogP contribution is -2.50. The van der Waals surface area contributed by atoms with Gasteiger partial charge in [0.05, 0.1) is 12.5 Å². The van der Waals surface area contributed by atoms with Crippen molar-refractivity contribution in [2.24, 2.45) is 11.8 Å². The predicted octanol–water partition coefficient (Wildman–Crippen LogP) is 3.80. The van der Waals surface area contributed by atoms with Gasteiger partial charge < -0.3 is 24.3 Å². The normalized spacial score (nSPS) is 24.2. The molecule has 0 radical (unpaired) electrons. The summed E-state index contributed by atoms with van der Waals surface area (Å²) in [4.78, 5) is 37.5. The van der Waals surface area contributed by atoms with Crippen molar-refractivity contribution in [1.29, 1.82) is 0 Å². The standard InChI is InChI=1S/C25H36FNO7/c1-15(2)22(28)33-21-16(3)32-23(29)20(27-24(30)34-25(4,5)6)14-31-12-11-18(21)13-17-7-9-19(26)10-8-17/h7-10,15-16,18,20-21H,11-14H2,1-6H3,(H,27,30)/t16-,18+,20-,21-/m0/s1. The zero-order valence-electron chi connectivity index (χ0n) is 20.8. The second-order valence-electron chi connectivity index (χ2n) is 9.85. The SMILES string of the molecule is CC(C)C(=O)O[C@@H]1[C@@H](Cc2ccc(F)cc2)CCOC[C@H](NC(=O)OC(C)(C)C)C(=O)O[C@H]1C. The second-order valence-corrected chi connectivity index (χ2v) is 9.85. The average Bonchev–Trinajstić information content (AvgIpc) is 2.72. The van der Waals surface area contributed by atoms with Crippen molar-refractivity contribution in [1.82, 2.24) is 5.32 Å². The largest absolute Gasteiger partial charge is 0.458 e. The summed E-state index contributed by atoms with van der Waals surface area (Å²) in [6.45, 7) is 10.4. The molecular formula is C25H36FNO7. The fourth-order valence-corrected chi connectivity index (χ4v) is 3.54. The first-order chi connectivity index (χ1) is 15.9. The van der Waals surface area contributed by atoms with Crippen LogP contribution in [0.4, 0.5) is 9.18 Å². The molecule has 1 saturated heterocycles. The number of halogens is 1. The maximum atomic E-state index is 13.4. The number of cyclic esters (lactones) is 1. The number of carbonyl (C=O) groups excluding carboxylic acids is 3. The predicted molar refractivity (Wildman–Crippen MR) is 122 cm³/mol. The molecule has 0 aliphatic carbocycles. The Morgan fingerprint density at radius 2 is 1.85 bits per heavy atom. The minimum Gasteiger partial charge on any atom is -0.458 e. The topological polar surface area (TPSA) is 100 Å². The molecule has 190 valence electrons. The van der Waals surface area contributed by atoms with Crippen LogP contribution in [0.1, 0.15) is 53.5 Å². The quantitative estimate of drug-likeness (QED) is 0.504. The van der Waals surface area contributed by atoms with Crippen molar-refractivity contribution < 1.29 is 37.7 Å². The number of hydrogen-bond acceptors (Lipinski definition) is 7. The van der Waals surface area contributed by atoms with Crippen LogP contribution in [0.3, 0.4) is 0 Å². The van der Waals surface area contributed by atoms with Crippen LogP contribution in [0, 0.1) is 17.7 Å². The van der Waals surface area contributed by atoms with Crippen molar-refractivity contribution in [3.05, 3.63) is 35.6 Å². The van der Waals surface area contributed by atoms with Crippen molar-refractivity contribution in [2.45, 2.75) is 78.2 Å². The van der Waals surface area contributed by atoms with Gasteiger partial charge >= 0.3 is 18.0 Å². The van der Waals surface area contributed by atoms with E-state index in [1.165, 1.54) is 12.1 Å². The summed E-state index contributed by atoms with van der Waals surface area (Å²) in [5.41, 5.74) is 0.124. The van der Waals surface area contributed by atoms with Gasteiger partial charge in [0, 0.05) is 12.5 Å². The van der Waals surface area contributed by atoms with E-state index in [2.05, 4.69) is 5.32 Å². The minimum absolute atomic E-state index is 0.0927. The second kappa shape index (κ2) is 12.1. The van der Waals surface area contributed by atoms with E-state index in [-0.39, 0.29) is 30.9 Å². The number of nitrogens with one attached hydrogen (secondary N) is 1. The van der Waals surface area contributed by atoms with Gasteiger partial charge in [-0.15, -0.1) is 0 Å². The lowest BCUT2D eigenvalue weighted by atomic mass is 9.88. The summed E-state index contributed by atoms with van der Waals surface area (Å²) in [7, 11) is 0. The molecular weight excluding hydrogens is 445 g/mol. The molecule has 0 saturated carbocycles. The fraction of sp³-hybridized carbons (Fsp3) is 0.640. The molecule has 1 amide bonds. The molecule has 1 aliphatic heterocycles. The van der Waals surface area contributed by atoms with E-state index in [0.29, 0.717) is 12.8 Å². The Bertz CT molecular complexity index is 835. The third-order valence-electron chi connectivity index (χ3n) is 5.26. The summed E-state index contributed by atoms with van der Waals surface area (Å²) in [6.07, 6.45) is -1.34. The van der Waals surface area contributed by atoms with Crippen LogP contribution < -0.4 is 5.32 Å². The number of benzene rings is 1. The highest BCUT2D eigenvalue weighted by molar-refractivity contribution is 5.81. The highest BCUT2D eigenvalue weighted by Gasteiger charge is 2.37. The number of rotatable bonds is 5. The molecule has 1 aromatic carbocycles. The van der Waals surface area contributed by atoms with E-state index in [1.54, 1.807) is 53.7 Å². The maximum Gasteiger partial charge on any atom is 0.408 e. The Morgan fingerprint density at radius 3 is 2.44 bits per heavy atom. The molecule has 1 heterocycles. The van der Waals surface area contributed by atoms with E-state index in [0.717, 1.165) is 5.56 Å². The van der Waals surface area contributed by atoms with Crippen LogP contribution >= 0.6 is 0 Å². The lowest BCUT2D eigenvalue weighted by Gasteiger charge is -2.34. The first kappa shape index (κ1) is 27.6. The number of hydrogen-bond donors (Lipinski definition) is 1. The van der Waals surface area contributed by atoms with Crippen LogP contribution in [-0.2, 0) is 35.0 Å². The molecule has 8 nitrogen and oxygen atoms in total. The molecule has 0 unspecified atom stereocenters. The molecule has 1 aliphatic rings. The highest BCUT2D eigenvalue weighted by atomic mass is 19.1. The van der Waals surface area contributed by atoms with Gasteiger partial charge in [-0.3, -0.25) is 4.79 Å². The van der Waals surface area contributed by atoms with Crippen LogP contribution in [-0.4, -0.2) is 55.1 Å². The summed E-state index contributed by atoms with van der Waals surface area (Å²) in [5, 5.41) is 2.49. The minimum atomic E-state index is -1.08. The molecule has 2 rings (SSSR count). The van der Waals surface area contributed by atoms with Crippen LogP contribution in [0.2, 0.25) is 0 Å². The summed E-state index contributed by atoms with van der Waals surface area (Å²) in [6, 6.07) is 5.02. The van der Waals surface area contributed by atoms with E-state index >= 15 is 0 Å². The van der Waals surface area contributed by atoms with E-state index in [9.17, 15) is 18.8 Å². The number of esters is 2. The van der Waals surface area contributed by atoms with Gasteiger partial charge in [0.2, 0.25) is 0 Å². The third-order valence-corrected chi connectivity index (χ3v) is 5.26. The Hall–Kier alpha value is -2.68. The van der Waals surface area contributed by atoms with Crippen LogP contribution in [0.15, 0.2) is 24.3 Å². The third kappa shape index (κ3) is 8.93. The molecule has 1 N–H and O–H groups in total. The molecule has 34 heavy (non-hydrogen) atoms. The Morgan fingerprint density at radius 1 is 1.21 bits per heavy atom. The molecule has 0 spiro atoms. The summed E-state index contributed by atoms with van der Waals surface area (Å²) in [5.74, 6) is -2.09. The van der Waals surface area contributed by atoms with Gasteiger partial charge in [-0.05, 0) is 58.2 Å². The first-order valence-corrected chi connectivity index (χ1v) is 11.6. The number of amides is 1. The van der Waals surface area contributed by atoms with E-state index in [1.807, 2.05) is 0 Å². The molecule has 4 atom stereocenters. The Labute approximate surface area is 200 Å². The zero-order valence-corrected chi connectivity index (χ0v) is 20.8. The van der Waals surface area contributed by atoms with Crippen LogP contribution in [0.25, 0.3) is 0 Å².